The zero-order valence-corrected chi connectivity index (χ0v) is 24.6. The van der Waals surface area contributed by atoms with E-state index in [1.54, 1.807) is 35.4 Å². The van der Waals surface area contributed by atoms with Gasteiger partial charge in [0.15, 0.2) is 5.76 Å². The first-order valence-electron chi connectivity index (χ1n) is 14.1. The number of aromatic nitrogens is 4. The highest BCUT2D eigenvalue weighted by atomic mass is 32.1. The molecule has 6 rings (SSSR count). The molecule has 2 amide bonds. The Morgan fingerprint density at radius 2 is 2.07 bits per heavy atom. The summed E-state index contributed by atoms with van der Waals surface area (Å²) >= 11 is 1.62. The monoisotopic (exact) mass is 590 g/mol. The van der Waals surface area contributed by atoms with E-state index in [1.165, 1.54) is 7.11 Å². The third-order valence-electron chi connectivity index (χ3n) is 8.01. The summed E-state index contributed by atoms with van der Waals surface area (Å²) < 4.78 is 10.4. The van der Waals surface area contributed by atoms with Crippen LogP contribution in [0.4, 0.5) is 0 Å². The van der Waals surface area contributed by atoms with Gasteiger partial charge in [-0.25, -0.2) is 9.97 Å². The largest absolute Gasteiger partial charge is 0.479 e. The summed E-state index contributed by atoms with van der Waals surface area (Å²) in [5, 5.41) is 14.3. The van der Waals surface area contributed by atoms with Crippen molar-refractivity contribution in [1.29, 1.82) is 0 Å². The molecule has 3 atom stereocenters. The number of β-amino-alcohol motifs (C(OH)–C–C–N with tert-alkyl or cyclic N) is 1. The van der Waals surface area contributed by atoms with Crippen molar-refractivity contribution in [2.75, 3.05) is 20.2 Å². The number of benzene rings is 1. The number of carbonyl (C=O) groups is 2. The fourth-order valence-electron chi connectivity index (χ4n) is 5.43. The Morgan fingerprint density at radius 1 is 1.29 bits per heavy atom. The lowest BCUT2D eigenvalue weighted by Crippen LogP contribution is -2.35. The Morgan fingerprint density at radius 3 is 2.74 bits per heavy atom. The van der Waals surface area contributed by atoms with E-state index in [0.29, 0.717) is 48.6 Å². The number of aliphatic hydroxyl groups is 1. The molecule has 1 aliphatic heterocycles. The number of thiazole rings is 1. The van der Waals surface area contributed by atoms with E-state index >= 15 is 0 Å². The number of rotatable bonds is 10. The van der Waals surface area contributed by atoms with E-state index in [2.05, 4.69) is 44.4 Å². The lowest BCUT2D eigenvalue weighted by Gasteiger charge is -2.25. The lowest BCUT2D eigenvalue weighted by molar-refractivity contribution is -0.134. The normalized spacial score (nSPS) is 19.2. The van der Waals surface area contributed by atoms with Gasteiger partial charge in [0.05, 0.1) is 41.3 Å². The van der Waals surface area contributed by atoms with Crippen molar-refractivity contribution in [3.8, 4) is 16.3 Å². The molecule has 2 fully saturated rings. The van der Waals surface area contributed by atoms with Crippen molar-refractivity contribution in [2.24, 2.45) is 5.92 Å². The molecule has 3 aromatic heterocycles. The number of hydrogen-bond donors (Lipinski definition) is 2. The fourth-order valence-corrected chi connectivity index (χ4v) is 6.24. The summed E-state index contributed by atoms with van der Waals surface area (Å²) in [6, 6.07) is 9.36. The first-order chi connectivity index (χ1) is 20.3. The Balaban J connectivity index is 1.17. The Kier molecular flexibility index (Phi) is 7.82. The quantitative estimate of drug-likeness (QED) is 0.278. The molecule has 1 saturated heterocycles. The molecule has 0 bridgehead atoms. The lowest BCUT2D eigenvalue weighted by atomic mass is 10.1. The van der Waals surface area contributed by atoms with Gasteiger partial charge in [0.25, 0.3) is 11.8 Å². The van der Waals surface area contributed by atoms with Crippen LogP contribution in [0.25, 0.3) is 10.4 Å². The van der Waals surface area contributed by atoms with Gasteiger partial charge in [0.2, 0.25) is 5.91 Å². The number of likely N-dealkylation sites (tertiary alicyclic amines) is 1. The highest BCUT2D eigenvalue weighted by molar-refractivity contribution is 7.13. The van der Waals surface area contributed by atoms with Crippen LogP contribution in [0.2, 0.25) is 0 Å². The van der Waals surface area contributed by atoms with Crippen LogP contribution in [-0.2, 0) is 11.3 Å². The van der Waals surface area contributed by atoms with Gasteiger partial charge < -0.3 is 29.2 Å². The number of imidazole rings is 1. The van der Waals surface area contributed by atoms with Crippen molar-refractivity contribution < 1.29 is 24.0 Å². The number of carbonyl (C=O) groups excluding carboxylic acids is 2. The third kappa shape index (κ3) is 5.82. The number of aliphatic hydroxyl groups excluding tert-OH is 1. The maximum absolute atomic E-state index is 13.7. The van der Waals surface area contributed by atoms with E-state index in [9.17, 15) is 14.7 Å². The van der Waals surface area contributed by atoms with E-state index in [4.69, 9.17) is 9.26 Å². The second-order valence-electron chi connectivity index (χ2n) is 11.2. The summed E-state index contributed by atoms with van der Waals surface area (Å²) in [4.78, 5) is 43.9. The number of aryl methyl sites for hydroxylation is 1. The predicted octanol–water partition coefficient (Wildman–Crippen LogP) is 4.33. The molecule has 1 aromatic carbocycles. The SMILES string of the molecule is COc1cc(C(C)C(=O)N2C[C@H](O)C[C@H]2c2nc(C(=O)N(Cc3ccc(-c4scnc4C)cc3)CC3CC3)c[nH]2)on1. The van der Waals surface area contributed by atoms with Gasteiger partial charge in [0.1, 0.15) is 11.5 Å². The molecule has 0 radical (unpaired) electrons. The molecule has 1 saturated carbocycles. The van der Waals surface area contributed by atoms with E-state index in [-0.39, 0.29) is 18.4 Å². The number of hydrogen-bond acceptors (Lipinski definition) is 9. The minimum absolute atomic E-state index is 0.161. The fraction of sp³-hybridized carbons (Fsp3) is 0.433. The van der Waals surface area contributed by atoms with Crippen LogP contribution in [0.3, 0.4) is 0 Å². The van der Waals surface area contributed by atoms with E-state index in [0.717, 1.165) is 34.5 Å². The Bertz CT molecular complexity index is 1560. The van der Waals surface area contributed by atoms with Crippen LogP contribution < -0.4 is 4.74 Å². The van der Waals surface area contributed by atoms with Gasteiger partial charge in [-0.1, -0.05) is 24.3 Å². The molecule has 4 aromatic rings. The molecular weight excluding hydrogens is 556 g/mol. The molecule has 11 nitrogen and oxygen atoms in total. The number of nitrogens with one attached hydrogen (secondary N) is 1. The van der Waals surface area contributed by atoms with Crippen molar-refractivity contribution in [3.05, 3.63) is 70.6 Å². The predicted molar refractivity (Wildman–Crippen MR) is 155 cm³/mol. The molecule has 12 heteroatoms. The van der Waals surface area contributed by atoms with Gasteiger partial charge in [-0.05, 0) is 48.9 Å². The minimum atomic E-state index is -0.706. The van der Waals surface area contributed by atoms with Crippen LogP contribution in [0.1, 0.15) is 71.5 Å². The zero-order chi connectivity index (χ0) is 29.4. The van der Waals surface area contributed by atoms with Crippen molar-refractivity contribution in [2.45, 2.75) is 57.7 Å². The molecule has 2 N–H and O–H groups in total. The maximum Gasteiger partial charge on any atom is 0.274 e. The molecule has 2 aliphatic rings. The highest BCUT2D eigenvalue weighted by Crippen LogP contribution is 2.35. The summed E-state index contributed by atoms with van der Waals surface area (Å²) in [5.74, 6) is 0.613. The molecule has 1 aliphatic carbocycles. The number of nitrogens with zero attached hydrogens (tertiary/aromatic N) is 5. The summed E-state index contributed by atoms with van der Waals surface area (Å²) in [6.07, 6.45) is 3.45. The minimum Gasteiger partial charge on any atom is -0.479 e. The van der Waals surface area contributed by atoms with Crippen molar-refractivity contribution >= 4 is 23.2 Å². The Labute approximate surface area is 247 Å². The Hall–Kier alpha value is -4.03. The van der Waals surface area contributed by atoms with Crippen LogP contribution in [0, 0.1) is 12.8 Å². The average Bonchev–Trinajstić information content (AvgIpc) is 3.42. The number of aromatic amines is 1. The van der Waals surface area contributed by atoms with Crippen molar-refractivity contribution in [3.63, 3.8) is 0 Å². The number of amides is 2. The summed E-state index contributed by atoms with van der Waals surface area (Å²) in [6.45, 7) is 5.03. The van der Waals surface area contributed by atoms with Crippen molar-refractivity contribution in [1.82, 2.24) is 29.9 Å². The van der Waals surface area contributed by atoms with Gasteiger partial charge in [-0.3, -0.25) is 9.59 Å². The van der Waals surface area contributed by atoms with Crippen LogP contribution in [-0.4, -0.2) is 73.1 Å². The third-order valence-corrected chi connectivity index (χ3v) is 8.98. The van der Waals surface area contributed by atoms with Crippen LogP contribution >= 0.6 is 11.3 Å². The summed E-state index contributed by atoms with van der Waals surface area (Å²) in [5.41, 5.74) is 5.31. The zero-order valence-electron chi connectivity index (χ0n) is 23.8. The molecule has 1 unspecified atom stereocenters. The first-order valence-corrected chi connectivity index (χ1v) is 15.0. The number of methoxy groups -OCH3 is 1. The standard InChI is InChI=1S/C30H34N6O5S/c1-17(25-11-26(40-3)34-41-25)29(38)36-15-22(37)10-24(36)28-31-12-23(33-28)30(39)35(13-19-4-5-19)14-20-6-8-21(9-7-20)27-18(2)32-16-42-27/h6-9,11-12,16-17,19,22,24,37H,4-5,10,13-15H2,1-3H3,(H,31,33)/t17?,22-,24+/m1/s1. The van der Waals surface area contributed by atoms with Gasteiger partial charge >= 0.3 is 0 Å². The van der Waals surface area contributed by atoms with E-state index in [1.807, 2.05) is 17.3 Å². The van der Waals surface area contributed by atoms with Gasteiger partial charge in [0, 0.05) is 38.3 Å². The molecule has 220 valence electrons. The van der Waals surface area contributed by atoms with Gasteiger partial charge in [-0.2, -0.15) is 0 Å². The number of H-pyrrole nitrogens is 1. The smallest absolute Gasteiger partial charge is 0.274 e. The molecule has 42 heavy (non-hydrogen) atoms. The van der Waals surface area contributed by atoms with E-state index < -0.39 is 18.1 Å². The highest BCUT2D eigenvalue weighted by Gasteiger charge is 2.40. The second kappa shape index (κ2) is 11.7. The average molecular weight is 591 g/mol. The van der Waals surface area contributed by atoms with Gasteiger partial charge in [-0.15, -0.1) is 11.3 Å². The molecule has 4 heterocycles. The second-order valence-corrected chi connectivity index (χ2v) is 12.0. The topological polar surface area (TPSA) is 138 Å². The van der Waals surface area contributed by atoms with Crippen LogP contribution in [0.5, 0.6) is 5.88 Å². The molecular formula is C30H34N6O5S. The summed E-state index contributed by atoms with van der Waals surface area (Å²) in [7, 11) is 1.48. The maximum atomic E-state index is 13.7. The molecule has 0 spiro atoms. The van der Waals surface area contributed by atoms with Crippen LogP contribution in [0.15, 0.2) is 46.6 Å². The first kappa shape index (κ1) is 28.1. The number of ether oxygens (including phenoxy) is 1.